The zero-order chi connectivity index (χ0) is 22.0. The first kappa shape index (κ1) is 21.7. The Morgan fingerprint density at radius 1 is 1.35 bits per heavy atom. The number of benzene rings is 1. The number of primary amides is 1. The van der Waals surface area contributed by atoms with Crippen LogP contribution in [0.4, 0.5) is 5.00 Å². The standard InChI is InChI=1S/C20H20ClN5O3S2/c1-29-13-7-6-10(21)8-12(13)18-24-20(26-25-18)30-9-15(27)23-19-16(17(22)28)11-4-2-3-5-14(11)31-19/h6-8H,2-5,9H2,1H3,(H2,22,28)(H,23,27)(H,24,25,26). The van der Waals surface area contributed by atoms with Gasteiger partial charge in [0.05, 0.1) is 24.0 Å². The van der Waals surface area contributed by atoms with Crippen molar-refractivity contribution in [3.05, 3.63) is 39.2 Å². The van der Waals surface area contributed by atoms with Crippen LogP contribution in [0.1, 0.15) is 33.6 Å². The number of hydrogen-bond donors (Lipinski definition) is 3. The van der Waals surface area contributed by atoms with Gasteiger partial charge in [-0.2, -0.15) is 0 Å². The summed E-state index contributed by atoms with van der Waals surface area (Å²) in [7, 11) is 1.56. The maximum absolute atomic E-state index is 12.5. The smallest absolute Gasteiger partial charge is 0.251 e. The van der Waals surface area contributed by atoms with E-state index in [-0.39, 0.29) is 11.7 Å². The number of rotatable bonds is 7. The molecule has 2 amide bonds. The Hall–Kier alpha value is -2.56. The molecule has 0 spiro atoms. The third kappa shape index (κ3) is 4.70. The predicted molar refractivity (Wildman–Crippen MR) is 122 cm³/mol. The Balaban J connectivity index is 1.43. The van der Waals surface area contributed by atoms with Crippen molar-refractivity contribution in [3.63, 3.8) is 0 Å². The number of nitrogens with one attached hydrogen (secondary N) is 2. The molecular weight excluding hydrogens is 458 g/mol. The van der Waals surface area contributed by atoms with Gasteiger partial charge < -0.3 is 15.8 Å². The third-order valence-corrected chi connectivity index (χ3v) is 7.17. The van der Waals surface area contributed by atoms with Crippen LogP contribution in [0.25, 0.3) is 11.4 Å². The summed E-state index contributed by atoms with van der Waals surface area (Å²) in [4.78, 5) is 30.0. The van der Waals surface area contributed by atoms with Crippen LogP contribution >= 0.6 is 34.7 Å². The van der Waals surface area contributed by atoms with Gasteiger partial charge in [-0.25, -0.2) is 4.98 Å². The Morgan fingerprint density at radius 3 is 2.94 bits per heavy atom. The van der Waals surface area contributed by atoms with Crippen LogP contribution in [0.2, 0.25) is 5.02 Å². The zero-order valence-electron chi connectivity index (χ0n) is 16.7. The lowest BCUT2D eigenvalue weighted by Crippen LogP contribution is -2.19. The fraction of sp³-hybridized carbons (Fsp3) is 0.300. The van der Waals surface area contributed by atoms with Gasteiger partial charge in [0.15, 0.2) is 5.82 Å². The number of anilines is 1. The summed E-state index contributed by atoms with van der Waals surface area (Å²) in [6, 6.07) is 5.20. The average molecular weight is 478 g/mol. The SMILES string of the molecule is COc1ccc(Cl)cc1-c1nc(SCC(=O)Nc2sc3c(c2C(N)=O)CCCC3)n[nH]1. The quantitative estimate of drug-likeness (QED) is 0.443. The maximum Gasteiger partial charge on any atom is 0.251 e. The summed E-state index contributed by atoms with van der Waals surface area (Å²) < 4.78 is 5.34. The van der Waals surface area contributed by atoms with Gasteiger partial charge in [-0.1, -0.05) is 23.4 Å². The normalized spacial score (nSPS) is 13.0. The molecule has 0 saturated carbocycles. The highest BCUT2D eigenvalue weighted by molar-refractivity contribution is 7.99. The minimum absolute atomic E-state index is 0.0880. The highest BCUT2D eigenvalue weighted by atomic mass is 35.5. The van der Waals surface area contributed by atoms with Crippen molar-refractivity contribution in [1.29, 1.82) is 0 Å². The molecular formula is C20H20ClN5O3S2. The minimum Gasteiger partial charge on any atom is -0.496 e. The maximum atomic E-state index is 12.5. The second kappa shape index (κ2) is 9.29. The Labute approximate surface area is 191 Å². The van der Waals surface area contributed by atoms with Crippen molar-refractivity contribution in [3.8, 4) is 17.1 Å². The number of H-pyrrole nitrogens is 1. The number of carbonyl (C=O) groups excluding carboxylic acids is 2. The highest BCUT2D eigenvalue weighted by Gasteiger charge is 2.25. The number of methoxy groups -OCH3 is 1. The molecule has 0 fully saturated rings. The van der Waals surface area contributed by atoms with E-state index in [1.54, 1.807) is 25.3 Å². The van der Waals surface area contributed by atoms with E-state index in [9.17, 15) is 9.59 Å². The van der Waals surface area contributed by atoms with Crippen LogP contribution in [0, 0.1) is 0 Å². The molecule has 4 N–H and O–H groups in total. The summed E-state index contributed by atoms with van der Waals surface area (Å²) >= 11 is 8.70. The molecule has 8 nitrogen and oxygen atoms in total. The molecule has 0 saturated heterocycles. The van der Waals surface area contributed by atoms with E-state index in [2.05, 4.69) is 20.5 Å². The summed E-state index contributed by atoms with van der Waals surface area (Å²) in [6.45, 7) is 0. The number of aromatic nitrogens is 3. The number of nitrogens with two attached hydrogens (primary N) is 1. The van der Waals surface area contributed by atoms with Crippen molar-refractivity contribution in [2.24, 2.45) is 5.73 Å². The lowest BCUT2D eigenvalue weighted by Gasteiger charge is -2.11. The third-order valence-electron chi connectivity index (χ3n) is 4.88. The minimum atomic E-state index is -0.503. The topological polar surface area (TPSA) is 123 Å². The number of thiophene rings is 1. The lowest BCUT2D eigenvalue weighted by atomic mass is 9.95. The van der Waals surface area contributed by atoms with Crippen LogP contribution in [-0.2, 0) is 17.6 Å². The second-order valence-corrected chi connectivity index (χ2v) is 9.41. The molecule has 1 aliphatic carbocycles. The molecule has 1 aliphatic rings. The number of hydrogen-bond acceptors (Lipinski definition) is 7. The van der Waals surface area contributed by atoms with E-state index in [0.29, 0.717) is 37.9 Å². The van der Waals surface area contributed by atoms with E-state index < -0.39 is 5.91 Å². The first-order chi connectivity index (χ1) is 15.0. The first-order valence-corrected chi connectivity index (χ1v) is 11.8. The Morgan fingerprint density at radius 2 is 2.16 bits per heavy atom. The lowest BCUT2D eigenvalue weighted by molar-refractivity contribution is -0.113. The number of nitrogens with zero attached hydrogens (tertiary/aromatic N) is 2. The van der Waals surface area contributed by atoms with E-state index in [4.69, 9.17) is 22.1 Å². The number of fused-ring (bicyclic) bond motifs is 1. The monoisotopic (exact) mass is 477 g/mol. The van der Waals surface area contributed by atoms with Crippen molar-refractivity contribution in [2.75, 3.05) is 18.2 Å². The van der Waals surface area contributed by atoms with E-state index >= 15 is 0 Å². The van der Waals surface area contributed by atoms with Gasteiger partial charge in [0.25, 0.3) is 5.91 Å². The largest absolute Gasteiger partial charge is 0.496 e. The van der Waals surface area contributed by atoms with Crippen LogP contribution in [0.3, 0.4) is 0 Å². The fourth-order valence-electron chi connectivity index (χ4n) is 3.50. The summed E-state index contributed by atoms with van der Waals surface area (Å²) in [5, 5.41) is 11.3. The molecule has 11 heteroatoms. The number of halogens is 1. The van der Waals surface area contributed by atoms with Crippen molar-refractivity contribution < 1.29 is 14.3 Å². The summed E-state index contributed by atoms with van der Waals surface area (Å²) in [5.41, 5.74) is 7.70. The number of aromatic amines is 1. The van der Waals surface area contributed by atoms with Gasteiger partial charge in [-0.05, 0) is 49.4 Å². The van der Waals surface area contributed by atoms with E-state index in [1.165, 1.54) is 23.1 Å². The van der Waals surface area contributed by atoms with Crippen molar-refractivity contribution >= 4 is 51.5 Å². The zero-order valence-corrected chi connectivity index (χ0v) is 19.0. The van der Waals surface area contributed by atoms with Crippen LogP contribution in [0.5, 0.6) is 5.75 Å². The molecule has 0 bridgehead atoms. The summed E-state index contributed by atoms with van der Waals surface area (Å²) in [6.07, 6.45) is 3.84. The van der Waals surface area contributed by atoms with Gasteiger partial charge in [0.2, 0.25) is 11.1 Å². The van der Waals surface area contributed by atoms with Crippen molar-refractivity contribution in [2.45, 2.75) is 30.8 Å². The molecule has 3 aromatic rings. The molecule has 162 valence electrons. The van der Waals surface area contributed by atoms with E-state index in [1.807, 2.05) is 0 Å². The number of thioether (sulfide) groups is 1. The number of amides is 2. The van der Waals surface area contributed by atoms with Gasteiger partial charge in [-0.15, -0.1) is 16.4 Å². The van der Waals surface area contributed by atoms with Gasteiger partial charge in [0, 0.05) is 9.90 Å². The number of ether oxygens (including phenoxy) is 1. The molecule has 31 heavy (non-hydrogen) atoms. The molecule has 2 aromatic heterocycles. The molecule has 1 aromatic carbocycles. The fourth-order valence-corrected chi connectivity index (χ4v) is 5.59. The predicted octanol–water partition coefficient (Wildman–Crippen LogP) is 3.90. The molecule has 0 aliphatic heterocycles. The van der Waals surface area contributed by atoms with Crippen molar-refractivity contribution in [1.82, 2.24) is 15.2 Å². The van der Waals surface area contributed by atoms with Crippen LogP contribution in [0.15, 0.2) is 23.4 Å². The van der Waals surface area contributed by atoms with Gasteiger partial charge in [-0.3, -0.25) is 14.7 Å². The average Bonchev–Trinajstić information content (AvgIpc) is 3.36. The Kier molecular flexibility index (Phi) is 6.49. The number of carbonyl (C=O) groups is 2. The number of aryl methyl sites for hydroxylation is 1. The van der Waals surface area contributed by atoms with E-state index in [0.717, 1.165) is 36.1 Å². The molecule has 4 rings (SSSR count). The van der Waals surface area contributed by atoms with Crippen LogP contribution in [-0.4, -0.2) is 39.9 Å². The highest BCUT2D eigenvalue weighted by Crippen LogP contribution is 2.38. The molecule has 0 radical (unpaired) electrons. The molecule has 2 heterocycles. The van der Waals surface area contributed by atoms with Gasteiger partial charge >= 0.3 is 0 Å². The van der Waals surface area contributed by atoms with Gasteiger partial charge in [0.1, 0.15) is 10.8 Å². The Bertz CT molecular complexity index is 1140. The second-order valence-electron chi connectivity index (χ2n) is 6.93. The molecule has 0 atom stereocenters. The molecule has 0 unspecified atom stereocenters. The summed E-state index contributed by atoms with van der Waals surface area (Å²) in [5.74, 6) is 0.430. The first-order valence-electron chi connectivity index (χ1n) is 9.59. The van der Waals surface area contributed by atoms with Crippen LogP contribution < -0.4 is 15.8 Å².